The van der Waals surface area contributed by atoms with E-state index < -0.39 is 0 Å². The Hall–Kier alpha value is -2.12. The summed E-state index contributed by atoms with van der Waals surface area (Å²) in [6.45, 7) is 5.71. The lowest BCUT2D eigenvalue weighted by atomic mass is 9.95. The molecule has 3 saturated heterocycles. The summed E-state index contributed by atoms with van der Waals surface area (Å²) in [5, 5.41) is 0. The topological polar surface area (TPSA) is 68.3 Å². The van der Waals surface area contributed by atoms with Crippen molar-refractivity contribution in [3.63, 3.8) is 0 Å². The van der Waals surface area contributed by atoms with Crippen LogP contribution < -0.4 is 4.74 Å². The summed E-state index contributed by atoms with van der Waals surface area (Å²) in [7, 11) is 0. The second kappa shape index (κ2) is 9.13. The second-order valence-electron chi connectivity index (χ2n) is 7.86. The molecule has 158 valence electrons. The van der Waals surface area contributed by atoms with E-state index >= 15 is 0 Å². The van der Waals surface area contributed by atoms with Crippen molar-refractivity contribution in [1.29, 1.82) is 0 Å². The van der Waals surface area contributed by atoms with Gasteiger partial charge in [0.2, 0.25) is 5.91 Å². The molecule has 1 aromatic carbocycles. The molecule has 0 spiro atoms. The fourth-order valence-electron chi connectivity index (χ4n) is 4.60. The highest BCUT2D eigenvalue weighted by atomic mass is 16.7. The van der Waals surface area contributed by atoms with Crippen molar-refractivity contribution in [2.75, 3.05) is 39.5 Å². The third-order valence-electron chi connectivity index (χ3n) is 6.10. The third kappa shape index (κ3) is 4.26. The van der Waals surface area contributed by atoms with E-state index in [4.69, 9.17) is 14.2 Å². The minimum absolute atomic E-state index is 0.0662. The number of piperidine rings is 1. The maximum absolute atomic E-state index is 13.2. The van der Waals surface area contributed by atoms with Crippen LogP contribution in [0.2, 0.25) is 0 Å². The van der Waals surface area contributed by atoms with E-state index in [1.165, 1.54) is 0 Å². The summed E-state index contributed by atoms with van der Waals surface area (Å²) in [5.41, 5.74) is 0.531. The lowest BCUT2D eigenvalue weighted by Gasteiger charge is -2.36. The van der Waals surface area contributed by atoms with Gasteiger partial charge in [0.25, 0.3) is 5.91 Å². The molecular formula is C22H30N2O5. The van der Waals surface area contributed by atoms with Crippen molar-refractivity contribution in [2.45, 2.75) is 44.9 Å². The van der Waals surface area contributed by atoms with Crippen molar-refractivity contribution in [1.82, 2.24) is 9.80 Å². The van der Waals surface area contributed by atoms with Gasteiger partial charge in [0, 0.05) is 25.6 Å². The van der Waals surface area contributed by atoms with E-state index in [2.05, 4.69) is 0 Å². The number of ether oxygens (including phenoxy) is 3. The molecule has 0 saturated carbocycles. The van der Waals surface area contributed by atoms with Crippen LogP contribution in [0.4, 0.5) is 0 Å². The molecule has 1 atom stereocenters. The van der Waals surface area contributed by atoms with E-state index in [0.29, 0.717) is 56.7 Å². The van der Waals surface area contributed by atoms with Crippen LogP contribution in [0.15, 0.2) is 24.3 Å². The SMILES string of the molecule is CCOc1ccccc1C(=O)N1CCCC1C(=O)N1CCC(C2OCCO2)CC1. The molecule has 0 N–H and O–H groups in total. The number of benzene rings is 1. The van der Waals surface area contributed by atoms with Gasteiger partial charge in [-0.15, -0.1) is 0 Å². The van der Waals surface area contributed by atoms with Gasteiger partial charge in [0.1, 0.15) is 11.8 Å². The van der Waals surface area contributed by atoms with Gasteiger partial charge in [-0.25, -0.2) is 0 Å². The normalized spacial score (nSPS) is 23.6. The first-order chi connectivity index (χ1) is 14.2. The number of para-hydroxylation sites is 1. The first kappa shape index (κ1) is 20.2. The summed E-state index contributed by atoms with van der Waals surface area (Å²) >= 11 is 0. The monoisotopic (exact) mass is 402 g/mol. The van der Waals surface area contributed by atoms with Gasteiger partial charge in [-0.1, -0.05) is 12.1 Å². The van der Waals surface area contributed by atoms with Crippen LogP contribution >= 0.6 is 0 Å². The third-order valence-corrected chi connectivity index (χ3v) is 6.10. The predicted molar refractivity (Wildman–Crippen MR) is 107 cm³/mol. The van der Waals surface area contributed by atoms with Gasteiger partial charge in [-0.3, -0.25) is 9.59 Å². The fraction of sp³-hybridized carbons (Fsp3) is 0.636. The molecule has 7 nitrogen and oxygen atoms in total. The van der Waals surface area contributed by atoms with Crippen LogP contribution in [0, 0.1) is 5.92 Å². The molecule has 3 aliphatic rings. The number of hydrogen-bond acceptors (Lipinski definition) is 5. The number of carbonyl (C=O) groups is 2. The number of likely N-dealkylation sites (tertiary alicyclic amines) is 2. The van der Waals surface area contributed by atoms with Gasteiger partial charge < -0.3 is 24.0 Å². The largest absolute Gasteiger partial charge is 0.493 e. The predicted octanol–water partition coefficient (Wildman–Crippen LogP) is 2.30. The minimum Gasteiger partial charge on any atom is -0.493 e. The Balaban J connectivity index is 1.40. The zero-order valence-corrected chi connectivity index (χ0v) is 17.0. The Morgan fingerprint density at radius 2 is 1.79 bits per heavy atom. The standard InChI is InChI=1S/C22H30N2O5/c1-2-27-19-8-4-3-6-17(19)20(25)24-11-5-7-18(24)21(26)23-12-9-16(10-13-23)22-28-14-15-29-22/h3-4,6,8,16,18,22H,2,5,7,9-15H2,1H3. The second-order valence-corrected chi connectivity index (χ2v) is 7.86. The van der Waals surface area contributed by atoms with Crippen LogP contribution in [0.25, 0.3) is 0 Å². The number of carbonyl (C=O) groups excluding carboxylic acids is 2. The minimum atomic E-state index is -0.382. The molecule has 3 fully saturated rings. The first-order valence-corrected chi connectivity index (χ1v) is 10.7. The van der Waals surface area contributed by atoms with E-state index in [0.717, 1.165) is 25.7 Å². The molecule has 29 heavy (non-hydrogen) atoms. The molecule has 2 amide bonds. The molecule has 7 heteroatoms. The Bertz CT molecular complexity index is 726. The van der Waals surface area contributed by atoms with E-state index in [1.807, 2.05) is 30.0 Å². The molecule has 1 unspecified atom stereocenters. The molecule has 0 radical (unpaired) electrons. The fourth-order valence-corrected chi connectivity index (χ4v) is 4.60. The van der Waals surface area contributed by atoms with Gasteiger partial charge in [0.05, 0.1) is 25.4 Å². The summed E-state index contributed by atoms with van der Waals surface area (Å²) in [5.74, 6) is 0.875. The van der Waals surface area contributed by atoms with E-state index in [9.17, 15) is 9.59 Å². The first-order valence-electron chi connectivity index (χ1n) is 10.7. The molecule has 0 bridgehead atoms. The van der Waals surface area contributed by atoms with Crippen LogP contribution in [0.3, 0.4) is 0 Å². The van der Waals surface area contributed by atoms with Crippen molar-refractivity contribution in [3.05, 3.63) is 29.8 Å². The number of amides is 2. The molecule has 4 rings (SSSR count). The van der Waals surface area contributed by atoms with Gasteiger partial charge in [-0.05, 0) is 44.7 Å². The van der Waals surface area contributed by atoms with Crippen molar-refractivity contribution in [2.24, 2.45) is 5.92 Å². The van der Waals surface area contributed by atoms with Gasteiger partial charge >= 0.3 is 0 Å². The Morgan fingerprint density at radius 1 is 1.07 bits per heavy atom. The van der Waals surface area contributed by atoms with Crippen LogP contribution in [-0.4, -0.2) is 73.4 Å². The maximum Gasteiger partial charge on any atom is 0.258 e. The Morgan fingerprint density at radius 3 is 2.52 bits per heavy atom. The molecule has 3 aliphatic heterocycles. The molecule has 0 aliphatic carbocycles. The molecule has 3 heterocycles. The van der Waals surface area contributed by atoms with Crippen LogP contribution in [-0.2, 0) is 14.3 Å². The summed E-state index contributed by atoms with van der Waals surface area (Å²) < 4.78 is 16.9. The lowest BCUT2D eigenvalue weighted by molar-refractivity contribution is -0.140. The van der Waals surface area contributed by atoms with Gasteiger partial charge in [-0.2, -0.15) is 0 Å². The Labute approximate surface area is 171 Å². The van der Waals surface area contributed by atoms with Crippen molar-refractivity contribution < 1.29 is 23.8 Å². The number of hydrogen-bond donors (Lipinski definition) is 0. The smallest absolute Gasteiger partial charge is 0.258 e. The summed E-state index contributed by atoms with van der Waals surface area (Å²) in [6, 6.07) is 6.89. The van der Waals surface area contributed by atoms with Crippen molar-refractivity contribution >= 4 is 11.8 Å². The zero-order chi connectivity index (χ0) is 20.2. The summed E-state index contributed by atoms with van der Waals surface area (Å²) in [4.78, 5) is 30.1. The number of nitrogens with zero attached hydrogens (tertiary/aromatic N) is 2. The maximum atomic E-state index is 13.2. The zero-order valence-electron chi connectivity index (χ0n) is 17.0. The molecular weight excluding hydrogens is 372 g/mol. The van der Waals surface area contributed by atoms with E-state index in [-0.39, 0.29) is 24.1 Å². The highest BCUT2D eigenvalue weighted by molar-refractivity contribution is 6.00. The molecule has 1 aromatic rings. The average molecular weight is 402 g/mol. The number of rotatable bonds is 5. The highest BCUT2D eigenvalue weighted by Crippen LogP contribution is 2.29. The highest BCUT2D eigenvalue weighted by Gasteiger charge is 2.39. The van der Waals surface area contributed by atoms with Gasteiger partial charge in [0.15, 0.2) is 6.29 Å². The average Bonchev–Trinajstić information content (AvgIpc) is 3.46. The Kier molecular flexibility index (Phi) is 6.35. The van der Waals surface area contributed by atoms with Crippen LogP contribution in [0.1, 0.15) is 43.0 Å². The summed E-state index contributed by atoms with van der Waals surface area (Å²) in [6.07, 6.45) is 3.20. The lowest BCUT2D eigenvalue weighted by Crippen LogP contribution is -2.50. The van der Waals surface area contributed by atoms with Crippen LogP contribution in [0.5, 0.6) is 5.75 Å². The quantitative estimate of drug-likeness (QED) is 0.756. The van der Waals surface area contributed by atoms with Crippen molar-refractivity contribution in [3.8, 4) is 5.75 Å². The molecule has 0 aromatic heterocycles. The van der Waals surface area contributed by atoms with E-state index in [1.54, 1.807) is 11.0 Å².